The summed E-state index contributed by atoms with van der Waals surface area (Å²) in [5.41, 5.74) is 0.431. The van der Waals surface area contributed by atoms with Gasteiger partial charge in [-0.05, 0) is 55.2 Å². The molecule has 0 bridgehead atoms. The Labute approximate surface area is 172 Å². The van der Waals surface area contributed by atoms with Gasteiger partial charge in [0.2, 0.25) is 15.9 Å². The molecule has 0 atom stereocenters. The zero-order valence-corrected chi connectivity index (χ0v) is 17.5. The number of nitrogens with one attached hydrogen (secondary N) is 1. The summed E-state index contributed by atoms with van der Waals surface area (Å²) in [7, 11) is -3.60. The largest absolute Gasteiger partial charge is 0.457 e. The Balaban J connectivity index is 1.62. The molecule has 0 aromatic heterocycles. The van der Waals surface area contributed by atoms with Crippen LogP contribution in [0, 0.1) is 5.92 Å². The average Bonchev–Trinajstić information content (AvgIpc) is 2.72. The summed E-state index contributed by atoms with van der Waals surface area (Å²) in [5.74, 6) is 1.50. The van der Waals surface area contributed by atoms with Crippen molar-refractivity contribution in [3.8, 4) is 11.5 Å². The van der Waals surface area contributed by atoms with Gasteiger partial charge in [-0.1, -0.05) is 37.5 Å². The van der Waals surface area contributed by atoms with Crippen LogP contribution in [0.1, 0.15) is 32.1 Å². The fourth-order valence-electron chi connectivity index (χ4n) is 3.54. The first-order chi connectivity index (χ1) is 13.9. The number of sulfonamides is 1. The number of hydrogen-bond acceptors (Lipinski definition) is 4. The number of anilines is 1. The smallest absolute Gasteiger partial charge is 0.240 e. The van der Waals surface area contributed by atoms with Crippen molar-refractivity contribution in [2.75, 3.05) is 23.7 Å². The molecule has 2 aromatic rings. The lowest BCUT2D eigenvalue weighted by Crippen LogP contribution is -2.41. The second kappa shape index (κ2) is 9.78. The fraction of sp³-hybridized carbons (Fsp3) is 0.409. The second-order valence-corrected chi connectivity index (χ2v) is 9.39. The summed E-state index contributed by atoms with van der Waals surface area (Å²) < 4.78 is 31.4. The molecular weight excluding hydrogens is 388 g/mol. The number of rotatable bonds is 8. The van der Waals surface area contributed by atoms with Crippen LogP contribution in [0.15, 0.2) is 54.6 Å². The molecule has 0 unspecified atom stereocenters. The van der Waals surface area contributed by atoms with E-state index in [-0.39, 0.29) is 12.5 Å². The van der Waals surface area contributed by atoms with Crippen molar-refractivity contribution in [1.29, 1.82) is 0 Å². The topological polar surface area (TPSA) is 75.7 Å². The zero-order chi connectivity index (χ0) is 20.7. The van der Waals surface area contributed by atoms with Crippen LogP contribution in [0.25, 0.3) is 0 Å². The molecule has 29 heavy (non-hydrogen) atoms. The van der Waals surface area contributed by atoms with Gasteiger partial charge in [-0.15, -0.1) is 0 Å². The minimum Gasteiger partial charge on any atom is -0.457 e. The Morgan fingerprint density at radius 1 is 1.00 bits per heavy atom. The van der Waals surface area contributed by atoms with Crippen LogP contribution in [-0.4, -0.2) is 33.7 Å². The van der Waals surface area contributed by atoms with Crippen molar-refractivity contribution in [3.63, 3.8) is 0 Å². The number of nitrogens with zero attached hydrogens (tertiary/aromatic N) is 1. The van der Waals surface area contributed by atoms with Crippen LogP contribution < -0.4 is 14.4 Å². The molecule has 6 nitrogen and oxygen atoms in total. The zero-order valence-electron chi connectivity index (χ0n) is 16.7. The number of para-hydroxylation sites is 1. The van der Waals surface area contributed by atoms with Crippen molar-refractivity contribution in [1.82, 2.24) is 5.32 Å². The Bertz CT molecular complexity index is 892. The number of hydrogen-bond donors (Lipinski definition) is 1. The van der Waals surface area contributed by atoms with E-state index in [1.165, 1.54) is 19.3 Å². The van der Waals surface area contributed by atoms with Gasteiger partial charge in [-0.25, -0.2) is 8.42 Å². The van der Waals surface area contributed by atoms with E-state index in [2.05, 4.69) is 5.32 Å². The van der Waals surface area contributed by atoms with Gasteiger partial charge < -0.3 is 10.1 Å². The minimum atomic E-state index is -3.60. The fourth-order valence-corrected chi connectivity index (χ4v) is 4.40. The summed E-state index contributed by atoms with van der Waals surface area (Å²) in [4.78, 5) is 12.4. The van der Waals surface area contributed by atoms with E-state index < -0.39 is 10.0 Å². The molecule has 1 fully saturated rings. The highest BCUT2D eigenvalue weighted by molar-refractivity contribution is 7.92. The standard InChI is InChI=1S/C22H28N2O4S/c1-29(26,27)24(17-22(25)23-16-18-8-4-2-5-9-18)19-12-14-21(15-13-19)28-20-10-6-3-7-11-20/h3,6-7,10-15,18H,2,4-5,8-9,16-17H2,1H3,(H,23,25). The summed E-state index contributed by atoms with van der Waals surface area (Å²) in [5, 5.41) is 2.90. The number of ether oxygens (including phenoxy) is 1. The average molecular weight is 417 g/mol. The Morgan fingerprint density at radius 2 is 1.62 bits per heavy atom. The maximum atomic E-state index is 12.4. The first-order valence-corrected chi connectivity index (χ1v) is 11.8. The number of carbonyl (C=O) groups is 1. The van der Waals surface area contributed by atoms with Gasteiger partial charge >= 0.3 is 0 Å². The van der Waals surface area contributed by atoms with E-state index in [1.54, 1.807) is 24.3 Å². The summed E-state index contributed by atoms with van der Waals surface area (Å²) >= 11 is 0. The Hall–Kier alpha value is -2.54. The number of carbonyl (C=O) groups excluding carboxylic acids is 1. The molecule has 1 aliphatic rings. The van der Waals surface area contributed by atoms with Gasteiger partial charge in [-0.3, -0.25) is 9.10 Å². The quantitative estimate of drug-likeness (QED) is 0.707. The lowest BCUT2D eigenvalue weighted by molar-refractivity contribution is -0.119. The Morgan fingerprint density at radius 3 is 2.24 bits per heavy atom. The third kappa shape index (κ3) is 6.49. The Kier molecular flexibility index (Phi) is 7.14. The molecule has 1 amide bonds. The van der Waals surface area contributed by atoms with E-state index in [0.29, 0.717) is 29.6 Å². The molecule has 3 rings (SSSR count). The van der Waals surface area contributed by atoms with E-state index in [0.717, 1.165) is 23.4 Å². The van der Waals surface area contributed by atoms with Gasteiger partial charge in [0.1, 0.15) is 18.0 Å². The number of amides is 1. The van der Waals surface area contributed by atoms with Crippen LogP contribution in [0.5, 0.6) is 11.5 Å². The van der Waals surface area contributed by atoms with Crippen LogP contribution in [-0.2, 0) is 14.8 Å². The normalized spacial score (nSPS) is 14.9. The maximum Gasteiger partial charge on any atom is 0.240 e. The van der Waals surface area contributed by atoms with Crippen molar-refractivity contribution >= 4 is 21.6 Å². The lowest BCUT2D eigenvalue weighted by atomic mass is 9.89. The van der Waals surface area contributed by atoms with E-state index in [1.807, 2.05) is 30.3 Å². The van der Waals surface area contributed by atoms with Gasteiger partial charge in [0, 0.05) is 6.54 Å². The highest BCUT2D eigenvalue weighted by atomic mass is 32.2. The first-order valence-electron chi connectivity index (χ1n) is 9.99. The maximum absolute atomic E-state index is 12.4. The summed E-state index contributed by atoms with van der Waals surface area (Å²) in [6, 6.07) is 16.0. The summed E-state index contributed by atoms with van der Waals surface area (Å²) in [6.07, 6.45) is 7.02. The molecular formula is C22H28N2O4S. The third-order valence-electron chi connectivity index (χ3n) is 5.10. The molecule has 156 valence electrons. The molecule has 2 aromatic carbocycles. The SMILES string of the molecule is CS(=O)(=O)N(CC(=O)NCC1CCCCC1)c1ccc(Oc2ccccc2)cc1. The predicted molar refractivity (Wildman–Crippen MR) is 115 cm³/mol. The molecule has 1 N–H and O–H groups in total. The molecule has 0 spiro atoms. The molecule has 1 aliphatic carbocycles. The molecule has 1 saturated carbocycles. The van der Waals surface area contributed by atoms with Crippen LogP contribution in [0.4, 0.5) is 5.69 Å². The van der Waals surface area contributed by atoms with Gasteiger partial charge in [-0.2, -0.15) is 0 Å². The minimum absolute atomic E-state index is 0.232. The molecule has 7 heteroatoms. The molecule has 0 radical (unpaired) electrons. The molecule has 0 heterocycles. The first kappa shape index (κ1) is 21.2. The second-order valence-electron chi connectivity index (χ2n) is 7.49. The number of benzene rings is 2. The van der Waals surface area contributed by atoms with Crippen LogP contribution in [0.2, 0.25) is 0 Å². The lowest BCUT2D eigenvalue weighted by Gasteiger charge is -2.24. The van der Waals surface area contributed by atoms with Crippen molar-refractivity contribution in [2.24, 2.45) is 5.92 Å². The van der Waals surface area contributed by atoms with Crippen molar-refractivity contribution < 1.29 is 17.9 Å². The van der Waals surface area contributed by atoms with Crippen LogP contribution >= 0.6 is 0 Å². The van der Waals surface area contributed by atoms with Crippen molar-refractivity contribution in [2.45, 2.75) is 32.1 Å². The van der Waals surface area contributed by atoms with E-state index >= 15 is 0 Å². The predicted octanol–water partition coefficient (Wildman–Crippen LogP) is 3.94. The van der Waals surface area contributed by atoms with Gasteiger partial charge in [0.05, 0.1) is 11.9 Å². The summed E-state index contributed by atoms with van der Waals surface area (Å²) in [6.45, 7) is 0.380. The monoisotopic (exact) mass is 416 g/mol. The van der Waals surface area contributed by atoms with Gasteiger partial charge in [0.25, 0.3) is 0 Å². The van der Waals surface area contributed by atoms with Gasteiger partial charge in [0.15, 0.2) is 0 Å². The van der Waals surface area contributed by atoms with E-state index in [9.17, 15) is 13.2 Å². The van der Waals surface area contributed by atoms with Crippen LogP contribution in [0.3, 0.4) is 0 Å². The van der Waals surface area contributed by atoms with E-state index in [4.69, 9.17) is 4.74 Å². The highest BCUT2D eigenvalue weighted by Crippen LogP contribution is 2.26. The highest BCUT2D eigenvalue weighted by Gasteiger charge is 2.22. The van der Waals surface area contributed by atoms with Crippen molar-refractivity contribution in [3.05, 3.63) is 54.6 Å². The molecule has 0 saturated heterocycles. The third-order valence-corrected chi connectivity index (χ3v) is 6.24. The molecule has 0 aliphatic heterocycles.